The van der Waals surface area contributed by atoms with Crippen molar-refractivity contribution in [3.05, 3.63) is 48.5 Å². The summed E-state index contributed by atoms with van der Waals surface area (Å²) in [5, 5.41) is 18.4. The Morgan fingerprint density at radius 3 is 2.29 bits per heavy atom. The van der Waals surface area contributed by atoms with Gasteiger partial charge in [0.05, 0.1) is 4.90 Å². The number of hydrogen-bond acceptors (Lipinski definition) is 4. The van der Waals surface area contributed by atoms with Crippen LogP contribution in [0.4, 0.5) is 0 Å². The Morgan fingerprint density at radius 1 is 0.941 bits per heavy atom. The van der Waals surface area contributed by atoms with Crippen LogP contribution in [0.2, 0.25) is 0 Å². The zero-order chi connectivity index (χ0) is 12.3. The Hall–Kier alpha value is -2.01. The number of phenolic OH excluding ortho intramolecular Hbond substituents is 2. The van der Waals surface area contributed by atoms with Gasteiger partial charge in [-0.1, -0.05) is 18.2 Å². The zero-order valence-electron chi connectivity index (χ0n) is 8.74. The van der Waals surface area contributed by atoms with Crippen molar-refractivity contribution in [2.45, 2.75) is 4.90 Å². The van der Waals surface area contributed by atoms with Crippen LogP contribution in [0.3, 0.4) is 0 Å². The highest BCUT2D eigenvalue weighted by Gasteiger charge is 2.09. The van der Waals surface area contributed by atoms with Crippen LogP contribution in [-0.4, -0.2) is 14.4 Å². The first-order chi connectivity index (χ1) is 8.16. The van der Waals surface area contributed by atoms with Gasteiger partial charge in [-0.05, 0) is 24.3 Å². The van der Waals surface area contributed by atoms with Gasteiger partial charge in [0, 0.05) is 6.07 Å². The number of benzene rings is 2. The number of aromatic hydroxyl groups is 2. The van der Waals surface area contributed by atoms with E-state index in [0.717, 1.165) is 0 Å². The molecule has 2 aromatic rings. The van der Waals surface area contributed by atoms with E-state index in [9.17, 15) is 9.32 Å². The Bertz CT molecular complexity index is 539. The summed E-state index contributed by atoms with van der Waals surface area (Å²) < 4.78 is 16.9. The van der Waals surface area contributed by atoms with Gasteiger partial charge in [0.25, 0.3) is 0 Å². The molecule has 0 heterocycles. The molecule has 0 fully saturated rings. The summed E-state index contributed by atoms with van der Waals surface area (Å²) in [6.07, 6.45) is 0. The van der Waals surface area contributed by atoms with Gasteiger partial charge in [0.15, 0.2) is 11.5 Å². The van der Waals surface area contributed by atoms with Crippen LogP contribution < -0.4 is 4.18 Å². The lowest BCUT2D eigenvalue weighted by atomic mass is 10.3. The minimum absolute atomic E-state index is 0.259. The standard InChI is InChI=1S/C12H10O4S/c13-11-7-6-10(8-12(11)14)17(15)16-9-4-2-1-3-5-9/h1-8,13-14H. The Kier molecular flexibility index (Phi) is 3.30. The van der Waals surface area contributed by atoms with Gasteiger partial charge in [-0.15, -0.1) is 0 Å². The molecule has 0 bridgehead atoms. The van der Waals surface area contributed by atoms with Crippen LogP contribution in [0.25, 0.3) is 0 Å². The first kappa shape index (κ1) is 11.5. The molecule has 0 aliphatic carbocycles. The molecule has 0 spiro atoms. The summed E-state index contributed by atoms with van der Waals surface area (Å²) in [7, 11) is 0. The Morgan fingerprint density at radius 2 is 1.65 bits per heavy atom. The minimum atomic E-state index is -1.72. The SMILES string of the molecule is O=S(Oc1ccccc1)c1ccc(O)c(O)c1. The highest BCUT2D eigenvalue weighted by atomic mass is 32.2. The molecule has 5 heteroatoms. The first-order valence-corrected chi connectivity index (χ1v) is 5.91. The van der Waals surface area contributed by atoms with E-state index in [1.165, 1.54) is 18.2 Å². The molecule has 1 atom stereocenters. The van der Waals surface area contributed by atoms with Crippen molar-refractivity contribution in [2.24, 2.45) is 0 Å². The van der Waals surface area contributed by atoms with Crippen molar-refractivity contribution in [3.63, 3.8) is 0 Å². The smallest absolute Gasteiger partial charge is 0.240 e. The van der Waals surface area contributed by atoms with Crippen LogP contribution in [0.15, 0.2) is 53.4 Å². The summed E-state index contributed by atoms with van der Waals surface area (Å²) in [4.78, 5) is 0.282. The van der Waals surface area contributed by atoms with E-state index in [0.29, 0.717) is 5.75 Å². The van der Waals surface area contributed by atoms with Crippen molar-refractivity contribution >= 4 is 11.1 Å². The maximum Gasteiger partial charge on any atom is 0.240 e. The lowest BCUT2D eigenvalue weighted by Gasteiger charge is -2.05. The third-order valence-electron chi connectivity index (χ3n) is 2.05. The van der Waals surface area contributed by atoms with Gasteiger partial charge < -0.3 is 14.4 Å². The van der Waals surface area contributed by atoms with Crippen molar-refractivity contribution in [1.29, 1.82) is 0 Å². The zero-order valence-corrected chi connectivity index (χ0v) is 9.55. The Balaban J connectivity index is 2.18. The summed E-state index contributed by atoms with van der Waals surface area (Å²) >= 11 is -1.72. The molecule has 88 valence electrons. The normalized spacial score (nSPS) is 12.0. The maximum atomic E-state index is 11.8. The third kappa shape index (κ3) is 2.76. The molecule has 4 nitrogen and oxygen atoms in total. The predicted molar refractivity (Wildman–Crippen MR) is 63.3 cm³/mol. The number of rotatable bonds is 3. The minimum Gasteiger partial charge on any atom is -0.504 e. The molecule has 1 unspecified atom stereocenters. The quantitative estimate of drug-likeness (QED) is 0.819. The molecule has 2 aromatic carbocycles. The molecular weight excluding hydrogens is 240 g/mol. The molecule has 0 aromatic heterocycles. The fourth-order valence-electron chi connectivity index (χ4n) is 1.22. The maximum absolute atomic E-state index is 11.8. The fraction of sp³-hybridized carbons (Fsp3) is 0. The molecule has 0 aliphatic rings. The first-order valence-electron chi connectivity index (χ1n) is 4.84. The van der Waals surface area contributed by atoms with Gasteiger partial charge in [-0.25, -0.2) is 4.21 Å². The molecule has 0 saturated carbocycles. The van der Waals surface area contributed by atoms with Crippen molar-refractivity contribution in [2.75, 3.05) is 0 Å². The van der Waals surface area contributed by atoms with Crippen molar-refractivity contribution < 1.29 is 18.6 Å². The molecule has 0 amide bonds. The van der Waals surface area contributed by atoms with Gasteiger partial charge in [0.2, 0.25) is 11.1 Å². The van der Waals surface area contributed by atoms with Crippen LogP contribution >= 0.6 is 0 Å². The second kappa shape index (κ2) is 4.88. The van der Waals surface area contributed by atoms with Crippen molar-refractivity contribution in [1.82, 2.24) is 0 Å². The van der Waals surface area contributed by atoms with E-state index >= 15 is 0 Å². The molecular formula is C12H10O4S. The average Bonchev–Trinajstić information content (AvgIpc) is 2.34. The van der Waals surface area contributed by atoms with Crippen LogP contribution in [0.1, 0.15) is 0 Å². The molecule has 2 rings (SSSR count). The van der Waals surface area contributed by atoms with Crippen LogP contribution in [-0.2, 0) is 11.1 Å². The van der Waals surface area contributed by atoms with E-state index in [1.807, 2.05) is 6.07 Å². The van der Waals surface area contributed by atoms with Gasteiger partial charge in [-0.2, -0.15) is 0 Å². The number of phenols is 2. The van der Waals surface area contributed by atoms with E-state index < -0.39 is 11.1 Å². The van der Waals surface area contributed by atoms with Gasteiger partial charge in [0.1, 0.15) is 5.75 Å². The summed E-state index contributed by atoms with van der Waals surface area (Å²) in [5.74, 6) is -0.114. The molecule has 17 heavy (non-hydrogen) atoms. The molecule has 0 radical (unpaired) electrons. The fourth-order valence-corrected chi connectivity index (χ4v) is 1.99. The van der Waals surface area contributed by atoms with Crippen LogP contribution in [0.5, 0.6) is 17.2 Å². The second-order valence-electron chi connectivity index (χ2n) is 3.28. The summed E-state index contributed by atoms with van der Waals surface area (Å²) in [6.45, 7) is 0. The Labute approximate surface area is 101 Å². The largest absolute Gasteiger partial charge is 0.504 e. The van der Waals surface area contributed by atoms with E-state index in [2.05, 4.69) is 0 Å². The summed E-state index contributed by atoms with van der Waals surface area (Å²) in [5.41, 5.74) is 0. The van der Waals surface area contributed by atoms with Crippen LogP contribution in [0, 0.1) is 0 Å². The summed E-state index contributed by atoms with van der Waals surface area (Å²) in [6, 6.07) is 12.6. The molecule has 0 aliphatic heterocycles. The second-order valence-corrected chi connectivity index (χ2v) is 4.39. The van der Waals surface area contributed by atoms with E-state index in [-0.39, 0.29) is 16.4 Å². The predicted octanol–water partition coefficient (Wildman–Crippen LogP) is 2.20. The lowest BCUT2D eigenvalue weighted by Crippen LogP contribution is -2.00. The number of para-hydroxylation sites is 1. The van der Waals surface area contributed by atoms with Gasteiger partial charge >= 0.3 is 0 Å². The number of hydrogen-bond donors (Lipinski definition) is 2. The molecule has 0 saturated heterocycles. The average molecular weight is 250 g/mol. The third-order valence-corrected chi connectivity index (χ3v) is 3.04. The highest BCUT2D eigenvalue weighted by Crippen LogP contribution is 2.27. The molecule has 2 N–H and O–H groups in total. The van der Waals surface area contributed by atoms with Crippen molar-refractivity contribution in [3.8, 4) is 17.2 Å². The topological polar surface area (TPSA) is 66.8 Å². The van der Waals surface area contributed by atoms with E-state index in [4.69, 9.17) is 9.29 Å². The van der Waals surface area contributed by atoms with Gasteiger partial charge in [-0.3, -0.25) is 0 Å². The van der Waals surface area contributed by atoms with E-state index in [1.54, 1.807) is 24.3 Å². The monoisotopic (exact) mass is 250 g/mol. The highest BCUT2D eigenvalue weighted by molar-refractivity contribution is 7.80. The lowest BCUT2D eigenvalue weighted by molar-refractivity contribution is 0.402.